The van der Waals surface area contributed by atoms with Crippen LogP contribution in [0.5, 0.6) is 0 Å². The van der Waals surface area contributed by atoms with Gasteiger partial charge in [0.15, 0.2) is 0 Å². The molecule has 4 heteroatoms. The summed E-state index contributed by atoms with van der Waals surface area (Å²) in [5.41, 5.74) is 1.34. The van der Waals surface area contributed by atoms with Gasteiger partial charge < -0.3 is 15.2 Å². The molecule has 0 saturated carbocycles. The number of aliphatic hydroxyl groups excluding tert-OH is 1. The molecule has 16 heavy (non-hydrogen) atoms. The largest absolute Gasteiger partial charge is 0.389 e. The van der Waals surface area contributed by atoms with Crippen molar-refractivity contribution in [1.29, 1.82) is 0 Å². The van der Waals surface area contributed by atoms with E-state index in [4.69, 9.17) is 4.74 Å². The first-order chi connectivity index (χ1) is 7.63. The van der Waals surface area contributed by atoms with Crippen LogP contribution in [0.15, 0.2) is 6.07 Å². The van der Waals surface area contributed by atoms with Crippen LogP contribution in [0.4, 0.5) is 0 Å². The molecule has 1 aromatic rings. The number of aryl methyl sites for hydroxylation is 2. The molecular formula is C12H21NO2S. The quantitative estimate of drug-likeness (QED) is 0.768. The van der Waals surface area contributed by atoms with Crippen LogP contribution in [0.2, 0.25) is 0 Å². The van der Waals surface area contributed by atoms with Crippen LogP contribution in [0, 0.1) is 13.8 Å². The maximum atomic E-state index is 9.53. The summed E-state index contributed by atoms with van der Waals surface area (Å²) in [7, 11) is 0. The average molecular weight is 243 g/mol. The highest BCUT2D eigenvalue weighted by atomic mass is 32.1. The Balaban J connectivity index is 2.20. The van der Waals surface area contributed by atoms with Crippen molar-refractivity contribution in [3.05, 3.63) is 21.4 Å². The van der Waals surface area contributed by atoms with Crippen molar-refractivity contribution in [2.24, 2.45) is 0 Å². The van der Waals surface area contributed by atoms with Gasteiger partial charge in [0.1, 0.15) is 0 Å². The summed E-state index contributed by atoms with van der Waals surface area (Å²) in [6.45, 7) is 8.65. The summed E-state index contributed by atoms with van der Waals surface area (Å²) in [6.07, 6.45) is -0.415. The second kappa shape index (κ2) is 7.01. The highest BCUT2D eigenvalue weighted by Gasteiger charge is 2.04. The molecule has 0 saturated heterocycles. The summed E-state index contributed by atoms with van der Waals surface area (Å²) >= 11 is 1.81. The van der Waals surface area contributed by atoms with Gasteiger partial charge in [-0.1, -0.05) is 0 Å². The summed E-state index contributed by atoms with van der Waals surface area (Å²) in [5, 5.41) is 12.8. The summed E-state index contributed by atoms with van der Waals surface area (Å²) < 4.78 is 5.13. The average Bonchev–Trinajstić information content (AvgIpc) is 2.55. The zero-order valence-corrected chi connectivity index (χ0v) is 11.1. The molecule has 92 valence electrons. The minimum absolute atomic E-state index is 0.409. The van der Waals surface area contributed by atoms with E-state index in [0.717, 1.165) is 6.54 Å². The van der Waals surface area contributed by atoms with E-state index in [1.807, 2.05) is 18.3 Å². The van der Waals surface area contributed by atoms with Crippen LogP contribution in [0.3, 0.4) is 0 Å². The first-order valence-corrected chi connectivity index (χ1v) is 6.47. The maximum absolute atomic E-state index is 9.53. The van der Waals surface area contributed by atoms with Crippen molar-refractivity contribution in [1.82, 2.24) is 5.32 Å². The van der Waals surface area contributed by atoms with Gasteiger partial charge in [-0.3, -0.25) is 0 Å². The number of thiophene rings is 1. The first kappa shape index (κ1) is 13.6. The van der Waals surface area contributed by atoms with Crippen LogP contribution >= 0.6 is 11.3 Å². The molecule has 0 aliphatic carbocycles. The predicted octanol–water partition coefficient (Wildman–Crippen LogP) is 1.85. The molecule has 0 amide bonds. The van der Waals surface area contributed by atoms with Gasteiger partial charge in [-0.05, 0) is 32.4 Å². The fraction of sp³-hybridized carbons (Fsp3) is 0.667. The van der Waals surface area contributed by atoms with Crippen LogP contribution in [-0.4, -0.2) is 31.0 Å². The van der Waals surface area contributed by atoms with Crippen molar-refractivity contribution >= 4 is 11.3 Å². The summed E-state index contributed by atoms with van der Waals surface area (Å²) in [6, 6.07) is 2.20. The van der Waals surface area contributed by atoms with Gasteiger partial charge in [-0.25, -0.2) is 0 Å². The molecule has 0 radical (unpaired) electrons. The van der Waals surface area contributed by atoms with E-state index in [2.05, 4.69) is 25.2 Å². The van der Waals surface area contributed by atoms with Gasteiger partial charge in [0.25, 0.3) is 0 Å². The van der Waals surface area contributed by atoms with E-state index in [-0.39, 0.29) is 0 Å². The number of hydrogen-bond donors (Lipinski definition) is 2. The molecule has 0 aliphatic rings. The zero-order valence-electron chi connectivity index (χ0n) is 10.2. The Morgan fingerprint density at radius 1 is 1.50 bits per heavy atom. The molecule has 0 spiro atoms. The first-order valence-electron chi connectivity index (χ1n) is 5.66. The van der Waals surface area contributed by atoms with Crippen LogP contribution in [0.25, 0.3) is 0 Å². The van der Waals surface area contributed by atoms with Crippen LogP contribution < -0.4 is 5.32 Å². The number of nitrogens with one attached hydrogen (secondary N) is 1. The monoisotopic (exact) mass is 243 g/mol. The Labute approximate surface area is 101 Å². The number of ether oxygens (including phenoxy) is 1. The van der Waals surface area contributed by atoms with E-state index in [1.54, 1.807) is 0 Å². The minimum atomic E-state index is -0.415. The molecule has 1 aromatic heterocycles. The van der Waals surface area contributed by atoms with Crippen molar-refractivity contribution in [3.8, 4) is 0 Å². The summed E-state index contributed by atoms with van der Waals surface area (Å²) in [5.74, 6) is 0. The molecule has 2 N–H and O–H groups in total. The number of aliphatic hydroxyl groups is 1. The summed E-state index contributed by atoms with van der Waals surface area (Å²) in [4.78, 5) is 2.69. The zero-order chi connectivity index (χ0) is 12.0. The Hall–Kier alpha value is -0.420. The van der Waals surface area contributed by atoms with Gasteiger partial charge in [0, 0.05) is 29.5 Å². The maximum Gasteiger partial charge on any atom is 0.0897 e. The van der Waals surface area contributed by atoms with E-state index < -0.39 is 6.10 Å². The normalized spacial score (nSPS) is 13.0. The SMILES string of the molecule is CCOCC(O)CNCc1cc(C)c(C)s1. The van der Waals surface area contributed by atoms with Crippen LogP contribution in [0.1, 0.15) is 22.2 Å². The number of hydrogen-bond acceptors (Lipinski definition) is 4. The standard InChI is InChI=1S/C12H21NO2S/c1-4-15-8-11(14)6-13-7-12-5-9(2)10(3)16-12/h5,11,13-14H,4,6-8H2,1-3H3. The molecular weight excluding hydrogens is 222 g/mol. The van der Waals surface area contributed by atoms with Gasteiger partial charge >= 0.3 is 0 Å². The lowest BCUT2D eigenvalue weighted by Crippen LogP contribution is -2.29. The molecule has 0 aliphatic heterocycles. The van der Waals surface area contributed by atoms with E-state index in [9.17, 15) is 5.11 Å². The fourth-order valence-corrected chi connectivity index (χ4v) is 2.43. The topological polar surface area (TPSA) is 41.5 Å². The Morgan fingerprint density at radius 3 is 2.81 bits per heavy atom. The van der Waals surface area contributed by atoms with Gasteiger partial charge in [0.2, 0.25) is 0 Å². The Kier molecular flexibility index (Phi) is 5.98. The lowest BCUT2D eigenvalue weighted by molar-refractivity contribution is 0.0427. The Bertz CT molecular complexity index is 292. The van der Waals surface area contributed by atoms with Crippen molar-refractivity contribution in [2.75, 3.05) is 19.8 Å². The van der Waals surface area contributed by atoms with E-state index >= 15 is 0 Å². The van der Waals surface area contributed by atoms with Gasteiger partial charge in [0.05, 0.1) is 12.7 Å². The second-order valence-corrected chi connectivity index (χ2v) is 5.24. The van der Waals surface area contributed by atoms with Crippen molar-refractivity contribution < 1.29 is 9.84 Å². The third-order valence-corrected chi connectivity index (χ3v) is 3.56. The smallest absolute Gasteiger partial charge is 0.0897 e. The Morgan fingerprint density at radius 2 is 2.25 bits per heavy atom. The minimum Gasteiger partial charge on any atom is -0.389 e. The third kappa shape index (κ3) is 4.61. The highest BCUT2D eigenvalue weighted by Crippen LogP contribution is 2.20. The van der Waals surface area contributed by atoms with E-state index in [1.165, 1.54) is 15.3 Å². The molecule has 1 rings (SSSR count). The molecule has 0 bridgehead atoms. The molecule has 3 nitrogen and oxygen atoms in total. The molecule has 0 aromatic carbocycles. The fourth-order valence-electron chi connectivity index (χ4n) is 1.41. The van der Waals surface area contributed by atoms with Gasteiger partial charge in [-0.2, -0.15) is 0 Å². The van der Waals surface area contributed by atoms with E-state index in [0.29, 0.717) is 19.8 Å². The molecule has 1 unspecified atom stereocenters. The third-order valence-electron chi connectivity index (χ3n) is 2.41. The molecule has 1 atom stereocenters. The predicted molar refractivity (Wildman–Crippen MR) is 68.0 cm³/mol. The van der Waals surface area contributed by atoms with Gasteiger partial charge in [-0.15, -0.1) is 11.3 Å². The second-order valence-electron chi connectivity index (χ2n) is 3.90. The van der Waals surface area contributed by atoms with Crippen molar-refractivity contribution in [3.63, 3.8) is 0 Å². The number of rotatable bonds is 7. The molecule has 1 heterocycles. The lowest BCUT2D eigenvalue weighted by atomic mass is 10.3. The van der Waals surface area contributed by atoms with Crippen LogP contribution in [-0.2, 0) is 11.3 Å². The van der Waals surface area contributed by atoms with Crippen molar-refractivity contribution in [2.45, 2.75) is 33.4 Å². The highest BCUT2D eigenvalue weighted by molar-refractivity contribution is 7.12. The lowest BCUT2D eigenvalue weighted by Gasteiger charge is -2.10. The molecule has 0 fully saturated rings.